The summed E-state index contributed by atoms with van der Waals surface area (Å²) in [7, 11) is 0. The highest BCUT2D eigenvalue weighted by atomic mass is 32.2. The van der Waals surface area contributed by atoms with E-state index in [0.717, 1.165) is 11.5 Å². The maximum absolute atomic E-state index is 11.0. The van der Waals surface area contributed by atoms with Crippen LogP contribution in [0.3, 0.4) is 0 Å². The van der Waals surface area contributed by atoms with E-state index in [1.807, 2.05) is 23.5 Å². The maximum atomic E-state index is 11.0. The van der Waals surface area contributed by atoms with Crippen LogP contribution < -0.4 is 5.73 Å². The number of carboxylic acid groups (broad SMARTS) is 1. The lowest BCUT2D eigenvalue weighted by molar-refractivity contribution is -0.146. The van der Waals surface area contributed by atoms with Gasteiger partial charge in [-0.3, -0.25) is 4.79 Å². The third-order valence-electron chi connectivity index (χ3n) is 2.63. The van der Waals surface area contributed by atoms with Gasteiger partial charge < -0.3 is 15.9 Å². The van der Waals surface area contributed by atoms with E-state index in [4.69, 9.17) is 10.8 Å². The minimum Gasteiger partial charge on any atom is -0.481 e. The summed E-state index contributed by atoms with van der Waals surface area (Å²) in [5.41, 5.74) is 5.88. The van der Waals surface area contributed by atoms with Crippen molar-refractivity contribution in [1.82, 2.24) is 0 Å². The zero-order valence-corrected chi connectivity index (χ0v) is 11.0. The van der Waals surface area contributed by atoms with Crippen molar-refractivity contribution in [2.75, 3.05) is 11.5 Å². The van der Waals surface area contributed by atoms with Gasteiger partial charge in [0.05, 0.1) is 16.6 Å². The molecule has 0 radical (unpaired) electrons. The molecule has 1 fully saturated rings. The number of carbonyl (C=O) groups is 1. The van der Waals surface area contributed by atoms with Gasteiger partial charge in [0.1, 0.15) is 0 Å². The van der Waals surface area contributed by atoms with E-state index in [2.05, 4.69) is 0 Å². The molecule has 3 atom stereocenters. The Balaban J connectivity index is 2.47. The Bertz CT molecular complexity index is 232. The smallest absolute Gasteiger partial charge is 0.310 e. The van der Waals surface area contributed by atoms with E-state index in [-0.39, 0.29) is 0 Å². The molecular formula is C10H19NO3S2. The SMILES string of the molecule is C[C@@H](O)[C@@H](C(=O)O)[C@H](N)CC1SCCCS1. The van der Waals surface area contributed by atoms with Crippen molar-refractivity contribution >= 4 is 29.5 Å². The van der Waals surface area contributed by atoms with Gasteiger partial charge in [0.15, 0.2) is 0 Å². The Labute approximate surface area is 104 Å². The first kappa shape index (κ1) is 14.2. The molecule has 4 N–H and O–H groups in total. The zero-order chi connectivity index (χ0) is 12.1. The highest BCUT2D eigenvalue weighted by Gasteiger charge is 2.32. The molecule has 0 unspecified atom stereocenters. The van der Waals surface area contributed by atoms with Gasteiger partial charge in [-0.2, -0.15) is 0 Å². The number of aliphatic carboxylic acids is 1. The van der Waals surface area contributed by atoms with E-state index in [0.29, 0.717) is 11.0 Å². The lowest BCUT2D eigenvalue weighted by atomic mass is 9.93. The van der Waals surface area contributed by atoms with Crippen LogP contribution in [0.25, 0.3) is 0 Å². The van der Waals surface area contributed by atoms with Crippen LogP contribution in [-0.2, 0) is 4.79 Å². The van der Waals surface area contributed by atoms with Crippen LogP contribution in [0.1, 0.15) is 19.8 Å². The molecule has 1 rings (SSSR count). The standard InChI is InChI=1S/C10H19NO3S2/c1-6(12)9(10(13)14)7(11)5-8-15-3-2-4-16-8/h6-9,12H,2-5,11H2,1H3,(H,13,14)/t6-,7-,9-/m1/s1. The van der Waals surface area contributed by atoms with Gasteiger partial charge in [-0.05, 0) is 31.3 Å². The molecule has 1 aliphatic rings. The van der Waals surface area contributed by atoms with Crippen LogP contribution in [0.4, 0.5) is 0 Å². The fourth-order valence-electron chi connectivity index (χ4n) is 1.79. The van der Waals surface area contributed by atoms with Gasteiger partial charge in [0.25, 0.3) is 0 Å². The van der Waals surface area contributed by atoms with E-state index in [1.165, 1.54) is 13.3 Å². The minimum atomic E-state index is -1.01. The fraction of sp³-hybridized carbons (Fsp3) is 0.900. The van der Waals surface area contributed by atoms with E-state index in [1.54, 1.807) is 0 Å². The van der Waals surface area contributed by atoms with E-state index >= 15 is 0 Å². The number of rotatable bonds is 5. The van der Waals surface area contributed by atoms with Crippen LogP contribution in [0.5, 0.6) is 0 Å². The highest BCUT2D eigenvalue weighted by Crippen LogP contribution is 2.34. The van der Waals surface area contributed by atoms with E-state index < -0.39 is 24.0 Å². The van der Waals surface area contributed by atoms with Crippen molar-refractivity contribution in [1.29, 1.82) is 0 Å². The zero-order valence-electron chi connectivity index (χ0n) is 9.33. The predicted molar refractivity (Wildman–Crippen MR) is 68.7 cm³/mol. The molecule has 0 spiro atoms. The Morgan fingerprint density at radius 2 is 2.06 bits per heavy atom. The van der Waals surface area contributed by atoms with Gasteiger partial charge in [-0.25, -0.2) is 0 Å². The minimum absolute atomic E-state index is 0.379. The van der Waals surface area contributed by atoms with Crippen molar-refractivity contribution in [3.05, 3.63) is 0 Å². The van der Waals surface area contributed by atoms with Crippen LogP contribution >= 0.6 is 23.5 Å². The van der Waals surface area contributed by atoms with Crippen molar-refractivity contribution in [3.8, 4) is 0 Å². The number of nitrogens with two attached hydrogens (primary N) is 1. The summed E-state index contributed by atoms with van der Waals surface area (Å²) in [5, 5.41) is 18.4. The topological polar surface area (TPSA) is 83.5 Å². The van der Waals surface area contributed by atoms with Crippen LogP contribution in [-0.4, -0.2) is 44.4 Å². The first-order chi connectivity index (χ1) is 7.52. The molecular weight excluding hydrogens is 246 g/mol. The van der Waals surface area contributed by atoms with Crippen LogP contribution in [0.2, 0.25) is 0 Å². The maximum Gasteiger partial charge on any atom is 0.310 e. The van der Waals surface area contributed by atoms with Crippen molar-refractivity contribution in [3.63, 3.8) is 0 Å². The molecule has 0 bridgehead atoms. The normalized spacial score (nSPS) is 23.7. The van der Waals surface area contributed by atoms with Crippen molar-refractivity contribution in [2.24, 2.45) is 11.7 Å². The molecule has 0 saturated carbocycles. The van der Waals surface area contributed by atoms with Gasteiger partial charge in [-0.1, -0.05) is 0 Å². The number of aliphatic hydroxyl groups excluding tert-OH is 1. The lowest BCUT2D eigenvalue weighted by Gasteiger charge is -2.28. The summed E-state index contributed by atoms with van der Waals surface area (Å²) < 4.78 is 0.379. The third-order valence-corrected chi connectivity index (χ3v) is 5.62. The Kier molecular flexibility index (Phi) is 5.96. The van der Waals surface area contributed by atoms with Crippen molar-refractivity contribution < 1.29 is 15.0 Å². The van der Waals surface area contributed by atoms with Gasteiger partial charge >= 0.3 is 5.97 Å². The molecule has 0 aromatic rings. The van der Waals surface area contributed by atoms with Crippen LogP contribution in [0, 0.1) is 5.92 Å². The fourth-order valence-corrected chi connectivity index (χ4v) is 4.80. The average molecular weight is 265 g/mol. The summed E-state index contributed by atoms with van der Waals surface area (Å²) in [6.07, 6.45) is 0.961. The summed E-state index contributed by atoms with van der Waals surface area (Å²) in [4.78, 5) is 11.0. The monoisotopic (exact) mass is 265 g/mol. The summed E-state index contributed by atoms with van der Waals surface area (Å²) in [6.45, 7) is 1.49. The Morgan fingerprint density at radius 1 is 1.50 bits per heavy atom. The molecule has 0 amide bonds. The molecule has 16 heavy (non-hydrogen) atoms. The average Bonchev–Trinajstić information content (AvgIpc) is 2.17. The molecule has 1 heterocycles. The van der Waals surface area contributed by atoms with Gasteiger partial charge in [0.2, 0.25) is 0 Å². The largest absolute Gasteiger partial charge is 0.481 e. The third kappa shape index (κ3) is 4.16. The number of hydrogen-bond donors (Lipinski definition) is 3. The summed E-state index contributed by atoms with van der Waals surface area (Å²) in [5.74, 6) is 0.379. The second-order valence-electron chi connectivity index (χ2n) is 4.03. The quantitative estimate of drug-likeness (QED) is 0.687. The molecule has 0 aromatic heterocycles. The first-order valence-electron chi connectivity index (χ1n) is 5.42. The summed E-state index contributed by atoms with van der Waals surface area (Å²) >= 11 is 3.68. The molecule has 6 heteroatoms. The van der Waals surface area contributed by atoms with E-state index in [9.17, 15) is 9.90 Å². The highest BCUT2D eigenvalue weighted by molar-refractivity contribution is 8.17. The first-order valence-corrected chi connectivity index (χ1v) is 7.51. The lowest BCUT2D eigenvalue weighted by Crippen LogP contribution is -2.43. The second-order valence-corrected chi connectivity index (χ2v) is 6.95. The van der Waals surface area contributed by atoms with Gasteiger partial charge in [0, 0.05) is 6.04 Å². The number of carboxylic acids is 1. The molecule has 4 nitrogen and oxygen atoms in total. The molecule has 1 saturated heterocycles. The van der Waals surface area contributed by atoms with Crippen LogP contribution in [0.15, 0.2) is 0 Å². The summed E-state index contributed by atoms with van der Waals surface area (Å²) in [6, 6.07) is -0.472. The van der Waals surface area contributed by atoms with Crippen molar-refractivity contribution in [2.45, 2.75) is 36.5 Å². The Morgan fingerprint density at radius 3 is 2.50 bits per heavy atom. The molecule has 1 aliphatic heterocycles. The van der Waals surface area contributed by atoms with Gasteiger partial charge in [-0.15, -0.1) is 23.5 Å². The molecule has 0 aromatic carbocycles. The number of aliphatic hydroxyl groups is 1. The molecule has 94 valence electrons. The number of thioether (sulfide) groups is 2. The Hall–Kier alpha value is 0.0900. The predicted octanol–water partition coefficient (Wildman–Crippen LogP) is 0.982. The number of hydrogen-bond acceptors (Lipinski definition) is 5. The molecule has 0 aliphatic carbocycles. The second kappa shape index (κ2) is 6.74.